The zero-order valence-corrected chi connectivity index (χ0v) is 11.6. The fourth-order valence-corrected chi connectivity index (χ4v) is 3.78. The topological polar surface area (TPSA) is 70.4 Å². The van der Waals surface area contributed by atoms with Gasteiger partial charge < -0.3 is 4.74 Å². The molecule has 19 heavy (non-hydrogen) atoms. The van der Waals surface area contributed by atoms with Gasteiger partial charge in [0, 0.05) is 12.6 Å². The summed E-state index contributed by atoms with van der Waals surface area (Å²) in [7, 11) is -3.50. The van der Waals surface area contributed by atoms with Gasteiger partial charge in [-0.05, 0) is 30.7 Å². The van der Waals surface area contributed by atoms with Crippen molar-refractivity contribution in [3.05, 3.63) is 29.8 Å². The Morgan fingerprint density at radius 3 is 2.68 bits per heavy atom. The van der Waals surface area contributed by atoms with Crippen LogP contribution in [0.3, 0.4) is 0 Å². The molecule has 0 saturated carbocycles. The maximum atomic E-state index is 12.5. The maximum Gasteiger partial charge on any atom is 0.243 e. The molecule has 1 aromatic carbocycles. The lowest BCUT2D eigenvalue weighted by Gasteiger charge is -2.33. The van der Waals surface area contributed by atoms with E-state index in [4.69, 9.17) is 10.00 Å². The van der Waals surface area contributed by atoms with Crippen molar-refractivity contribution in [2.24, 2.45) is 0 Å². The summed E-state index contributed by atoms with van der Waals surface area (Å²) in [6.45, 7) is 3.18. The molecule has 0 spiro atoms. The van der Waals surface area contributed by atoms with Crippen LogP contribution in [0, 0.1) is 11.3 Å². The van der Waals surface area contributed by atoms with Gasteiger partial charge in [0.2, 0.25) is 10.0 Å². The molecule has 1 fully saturated rings. The van der Waals surface area contributed by atoms with Gasteiger partial charge in [-0.15, -0.1) is 0 Å². The quantitative estimate of drug-likeness (QED) is 0.838. The molecule has 1 aliphatic heterocycles. The first-order valence-electron chi connectivity index (χ1n) is 6.19. The van der Waals surface area contributed by atoms with Gasteiger partial charge in [0.1, 0.15) is 0 Å². The van der Waals surface area contributed by atoms with E-state index < -0.39 is 10.0 Å². The van der Waals surface area contributed by atoms with Crippen molar-refractivity contribution in [1.82, 2.24) is 4.31 Å². The molecule has 102 valence electrons. The number of nitriles is 1. The van der Waals surface area contributed by atoms with Crippen LogP contribution in [0.15, 0.2) is 29.2 Å². The second kappa shape index (κ2) is 5.70. The molecule has 1 unspecified atom stereocenters. The average Bonchev–Trinajstić information content (AvgIpc) is 2.47. The van der Waals surface area contributed by atoms with Gasteiger partial charge in [0.05, 0.1) is 29.7 Å². The third-order valence-corrected chi connectivity index (χ3v) is 5.20. The maximum absolute atomic E-state index is 12.5. The van der Waals surface area contributed by atoms with Crippen LogP contribution in [-0.4, -0.2) is 38.5 Å². The Balaban J connectivity index is 2.32. The molecule has 1 heterocycles. The van der Waals surface area contributed by atoms with E-state index in [-0.39, 0.29) is 10.9 Å². The van der Waals surface area contributed by atoms with E-state index in [1.807, 2.05) is 13.0 Å². The lowest BCUT2D eigenvalue weighted by Crippen LogP contribution is -2.48. The van der Waals surface area contributed by atoms with E-state index in [0.29, 0.717) is 25.3 Å². The highest BCUT2D eigenvalue weighted by Gasteiger charge is 2.32. The molecule has 0 amide bonds. The highest BCUT2D eigenvalue weighted by atomic mass is 32.2. The van der Waals surface area contributed by atoms with Crippen molar-refractivity contribution in [2.75, 3.05) is 19.8 Å². The third kappa shape index (κ3) is 2.78. The lowest BCUT2D eigenvalue weighted by molar-refractivity contribution is 0.0314. The van der Waals surface area contributed by atoms with E-state index in [9.17, 15) is 8.42 Å². The van der Waals surface area contributed by atoms with Crippen molar-refractivity contribution >= 4 is 10.0 Å². The largest absolute Gasteiger partial charge is 0.378 e. The second-order valence-electron chi connectivity index (χ2n) is 4.39. The van der Waals surface area contributed by atoms with Gasteiger partial charge in [-0.1, -0.05) is 6.92 Å². The zero-order chi connectivity index (χ0) is 13.9. The van der Waals surface area contributed by atoms with E-state index >= 15 is 0 Å². The standard InChI is InChI=1S/C13H16N2O3S/c1-2-12-10-18-8-7-15(12)19(16,17)13-5-3-11(9-14)4-6-13/h3-6,12H,2,7-8,10H2,1H3. The fourth-order valence-electron chi connectivity index (χ4n) is 2.11. The molecule has 2 rings (SSSR count). The molecular formula is C13H16N2O3S. The van der Waals surface area contributed by atoms with Crippen molar-refractivity contribution < 1.29 is 13.2 Å². The van der Waals surface area contributed by atoms with Gasteiger partial charge in [-0.2, -0.15) is 9.57 Å². The molecule has 0 radical (unpaired) electrons. The first kappa shape index (κ1) is 14.0. The van der Waals surface area contributed by atoms with Crippen LogP contribution in [0.5, 0.6) is 0 Å². The summed E-state index contributed by atoms with van der Waals surface area (Å²) in [6, 6.07) is 7.87. The Morgan fingerprint density at radius 2 is 2.11 bits per heavy atom. The van der Waals surface area contributed by atoms with E-state index in [1.165, 1.54) is 28.6 Å². The van der Waals surface area contributed by atoms with Crippen molar-refractivity contribution in [2.45, 2.75) is 24.3 Å². The van der Waals surface area contributed by atoms with Crippen LogP contribution >= 0.6 is 0 Å². The molecule has 1 aromatic rings. The Morgan fingerprint density at radius 1 is 1.42 bits per heavy atom. The van der Waals surface area contributed by atoms with Crippen LogP contribution in [0.25, 0.3) is 0 Å². The molecule has 1 aliphatic rings. The molecule has 6 heteroatoms. The van der Waals surface area contributed by atoms with E-state index in [1.54, 1.807) is 0 Å². The number of sulfonamides is 1. The predicted octanol–water partition coefficient (Wildman–Crippen LogP) is 1.36. The molecule has 1 saturated heterocycles. The summed E-state index contributed by atoms with van der Waals surface area (Å²) in [6.07, 6.45) is 0.718. The predicted molar refractivity (Wildman–Crippen MR) is 69.9 cm³/mol. The Labute approximate surface area is 113 Å². The molecule has 0 aromatic heterocycles. The molecule has 5 nitrogen and oxygen atoms in total. The summed E-state index contributed by atoms with van der Waals surface area (Å²) in [5, 5.41) is 8.73. The van der Waals surface area contributed by atoms with Gasteiger partial charge in [0.15, 0.2) is 0 Å². The highest BCUT2D eigenvalue weighted by molar-refractivity contribution is 7.89. The molecular weight excluding hydrogens is 264 g/mol. The summed E-state index contributed by atoms with van der Waals surface area (Å²) in [4.78, 5) is 0.229. The minimum Gasteiger partial charge on any atom is -0.378 e. The number of benzene rings is 1. The van der Waals surface area contributed by atoms with E-state index in [2.05, 4.69) is 0 Å². The SMILES string of the molecule is CCC1COCCN1S(=O)(=O)c1ccc(C#N)cc1. The second-order valence-corrected chi connectivity index (χ2v) is 6.28. The Kier molecular flexibility index (Phi) is 4.20. The fraction of sp³-hybridized carbons (Fsp3) is 0.462. The van der Waals surface area contributed by atoms with Crippen molar-refractivity contribution in [3.8, 4) is 6.07 Å². The minimum atomic E-state index is -3.50. The van der Waals surface area contributed by atoms with E-state index in [0.717, 1.165) is 6.42 Å². The first-order valence-corrected chi connectivity index (χ1v) is 7.63. The molecule has 0 N–H and O–H groups in total. The minimum absolute atomic E-state index is 0.116. The summed E-state index contributed by atoms with van der Waals surface area (Å²) in [5.41, 5.74) is 0.452. The Bertz CT molecular complexity index is 575. The number of nitrogens with zero attached hydrogens (tertiary/aromatic N) is 2. The van der Waals surface area contributed by atoms with Gasteiger partial charge in [-0.3, -0.25) is 0 Å². The van der Waals surface area contributed by atoms with Crippen molar-refractivity contribution in [1.29, 1.82) is 5.26 Å². The lowest BCUT2D eigenvalue weighted by atomic mass is 10.2. The summed E-state index contributed by atoms with van der Waals surface area (Å²) >= 11 is 0. The van der Waals surface area contributed by atoms with Crippen LogP contribution in [0.4, 0.5) is 0 Å². The number of hydrogen-bond donors (Lipinski definition) is 0. The van der Waals surface area contributed by atoms with Crippen molar-refractivity contribution in [3.63, 3.8) is 0 Å². The highest BCUT2D eigenvalue weighted by Crippen LogP contribution is 2.22. The normalized spacial score (nSPS) is 20.9. The monoisotopic (exact) mass is 280 g/mol. The number of rotatable bonds is 3. The van der Waals surface area contributed by atoms with Crippen LogP contribution < -0.4 is 0 Å². The zero-order valence-electron chi connectivity index (χ0n) is 10.7. The summed E-state index contributed by atoms with van der Waals surface area (Å²) in [5.74, 6) is 0. The van der Waals surface area contributed by atoms with Gasteiger partial charge in [0.25, 0.3) is 0 Å². The van der Waals surface area contributed by atoms with Gasteiger partial charge in [-0.25, -0.2) is 8.42 Å². The smallest absolute Gasteiger partial charge is 0.243 e. The van der Waals surface area contributed by atoms with Crippen LogP contribution in [-0.2, 0) is 14.8 Å². The van der Waals surface area contributed by atoms with Crippen LogP contribution in [0.1, 0.15) is 18.9 Å². The molecule has 1 atom stereocenters. The average molecular weight is 280 g/mol. The molecule has 0 bridgehead atoms. The molecule has 0 aliphatic carbocycles. The Hall–Kier alpha value is -1.42. The van der Waals surface area contributed by atoms with Crippen LogP contribution in [0.2, 0.25) is 0 Å². The summed E-state index contributed by atoms with van der Waals surface area (Å²) < 4.78 is 31.9. The first-order chi connectivity index (χ1) is 9.09. The third-order valence-electron chi connectivity index (χ3n) is 3.23. The number of morpholine rings is 1. The van der Waals surface area contributed by atoms with Gasteiger partial charge >= 0.3 is 0 Å². The number of ether oxygens (including phenoxy) is 1. The number of hydrogen-bond acceptors (Lipinski definition) is 4.